The molecule has 0 fully saturated rings. The average Bonchev–Trinajstić information content (AvgIpc) is 2.34. The number of aromatic nitrogens is 1. The van der Waals surface area contributed by atoms with Crippen LogP contribution in [0.4, 0.5) is 0 Å². The number of carbonyl (C=O) groups excluding carboxylic acids is 1. The van der Waals surface area contributed by atoms with Gasteiger partial charge in [0.1, 0.15) is 12.2 Å². The van der Waals surface area contributed by atoms with Gasteiger partial charge in [0.15, 0.2) is 0 Å². The van der Waals surface area contributed by atoms with E-state index in [1.165, 1.54) is 11.1 Å². The minimum Gasteiger partial charge on any atom is -0.480 e. The summed E-state index contributed by atoms with van der Waals surface area (Å²) in [5.41, 5.74) is 1.07. The van der Waals surface area contributed by atoms with Crippen LogP contribution >= 0.6 is 0 Å². The predicted molar refractivity (Wildman–Crippen MR) is 67.4 cm³/mol. The zero-order valence-corrected chi connectivity index (χ0v) is 10.9. The molecule has 1 heterocycles. The highest BCUT2D eigenvalue weighted by molar-refractivity contribution is 5.95. The smallest absolute Gasteiger partial charge is 0.323 e. The van der Waals surface area contributed by atoms with Gasteiger partial charge in [0.25, 0.3) is 5.91 Å². The van der Waals surface area contributed by atoms with E-state index >= 15 is 0 Å². The molecule has 0 spiro atoms. The number of amides is 1. The Balaban J connectivity index is 3.02. The first-order valence-corrected chi connectivity index (χ1v) is 5.91. The van der Waals surface area contributed by atoms with Crippen LogP contribution in [0.1, 0.15) is 36.3 Å². The molecule has 1 aromatic heterocycles. The van der Waals surface area contributed by atoms with E-state index in [1.807, 2.05) is 13.8 Å². The van der Waals surface area contributed by atoms with Crippen LogP contribution in [0.2, 0.25) is 0 Å². The molecule has 1 rings (SSSR count). The fraction of sp³-hybridized carbons (Fsp3) is 0.462. The van der Waals surface area contributed by atoms with Crippen LogP contribution in [0, 0.1) is 6.92 Å². The minimum absolute atomic E-state index is 0.130. The second-order valence-electron chi connectivity index (χ2n) is 4.25. The highest BCUT2D eigenvalue weighted by Gasteiger charge is 2.24. The summed E-state index contributed by atoms with van der Waals surface area (Å²) in [6.45, 7) is 5.23. The zero-order valence-electron chi connectivity index (χ0n) is 10.9. The molecule has 0 radical (unpaired) electrons. The molecular formula is C13H18N2O3. The van der Waals surface area contributed by atoms with Gasteiger partial charge in [-0.05, 0) is 31.9 Å². The van der Waals surface area contributed by atoms with Crippen molar-refractivity contribution in [3.63, 3.8) is 0 Å². The summed E-state index contributed by atoms with van der Waals surface area (Å²) in [5, 5.41) is 8.88. The zero-order chi connectivity index (χ0) is 13.7. The van der Waals surface area contributed by atoms with Crippen molar-refractivity contribution in [2.75, 3.05) is 6.54 Å². The maximum Gasteiger partial charge on any atom is 0.323 e. The molecule has 0 aliphatic heterocycles. The normalized spacial score (nSPS) is 11.9. The highest BCUT2D eigenvalue weighted by Crippen LogP contribution is 2.12. The first kappa shape index (κ1) is 14.2. The molecule has 1 unspecified atom stereocenters. The number of aryl methyl sites for hydroxylation is 1. The van der Waals surface area contributed by atoms with Gasteiger partial charge in [-0.2, -0.15) is 0 Å². The van der Waals surface area contributed by atoms with Gasteiger partial charge in [-0.1, -0.05) is 13.0 Å². The second kappa shape index (κ2) is 6.14. The Hall–Kier alpha value is -1.91. The monoisotopic (exact) mass is 250 g/mol. The van der Waals surface area contributed by atoms with Gasteiger partial charge in [0.05, 0.1) is 0 Å². The quantitative estimate of drug-likeness (QED) is 0.863. The van der Waals surface area contributed by atoms with Crippen molar-refractivity contribution in [3.05, 3.63) is 29.6 Å². The summed E-state index contributed by atoms with van der Waals surface area (Å²) in [4.78, 5) is 28.5. The predicted octanol–water partition coefficient (Wildman–Crippen LogP) is 1.72. The second-order valence-corrected chi connectivity index (χ2v) is 4.25. The third kappa shape index (κ3) is 3.29. The van der Waals surface area contributed by atoms with E-state index in [0.717, 1.165) is 5.56 Å². The van der Waals surface area contributed by atoms with Crippen LogP contribution in [0.25, 0.3) is 0 Å². The van der Waals surface area contributed by atoms with Gasteiger partial charge in [-0.3, -0.25) is 14.6 Å². The van der Waals surface area contributed by atoms with Crippen molar-refractivity contribution >= 4 is 11.9 Å². The van der Waals surface area contributed by atoms with Crippen molar-refractivity contribution in [1.82, 2.24) is 9.88 Å². The first-order valence-electron chi connectivity index (χ1n) is 5.91. The molecule has 18 heavy (non-hydrogen) atoms. The van der Waals surface area contributed by atoms with E-state index in [-0.39, 0.29) is 18.5 Å². The van der Waals surface area contributed by atoms with Gasteiger partial charge >= 0.3 is 5.97 Å². The topological polar surface area (TPSA) is 70.5 Å². The Morgan fingerprint density at radius 1 is 1.50 bits per heavy atom. The Labute approximate surface area is 106 Å². The van der Waals surface area contributed by atoms with Gasteiger partial charge in [-0.15, -0.1) is 0 Å². The molecule has 0 saturated carbocycles. The molecule has 1 N–H and O–H groups in total. The molecule has 5 heteroatoms. The first-order chi connectivity index (χ1) is 8.47. The molecule has 1 aromatic rings. The number of hydrogen-bond acceptors (Lipinski definition) is 3. The fourth-order valence-electron chi connectivity index (χ4n) is 1.64. The lowest BCUT2D eigenvalue weighted by molar-refractivity contribution is -0.138. The fourth-order valence-corrected chi connectivity index (χ4v) is 1.64. The van der Waals surface area contributed by atoms with Crippen molar-refractivity contribution < 1.29 is 14.7 Å². The van der Waals surface area contributed by atoms with Gasteiger partial charge in [-0.25, -0.2) is 0 Å². The maximum atomic E-state index is 12.3. The van der Waals surface area contributed by atoms with Crippen molar-refractivity contribution in [1.29, 1.82) is 0 Å². The average molecular weight is 250 g/mol. The molecular weight excluding hydrogens is 232 g/mol. The number of pyridine rings is 1. The lowest BCUT2D eigenvalue weighted by Crippen LogP contribution is -2.42. The Morgan fingerprint density at radius 3 is 2.67 bits per heavy atom. The molecule has 1 amide bonds. The van der Waals surface area contributed by atoms with Crippen molar-refractivity contribution in [2.45, 2.75) is 33.2 Å². The molecule has 1 atom stereocenters. The SMILES string of the molecule is CCC(C)N(CC(=O)O)C(=O)c1ncccc1C. The lowest BCUT2D eigenvalue weighted by atomic mass is 10.1. The molecule has 0 aliphatic rings. The Morgan fingerprint density at radius 2 is 2.17 bits per heavy atom. The van der Waals surface area contributed by atoms with Crippen molar-refractivity contribution in [3.8, 4) is 0 Å². The molecule has 0 bridgehead atoms. The van der Waals surface area contributed by atoms with E-state index in [4.69, 9.17) is 5.11 Å². The summed E-state index contributed by atoms with van der Waals surface area (Å²) >= 11 is 0. The van der Waals surface area contributed by atoms with Crippen LogP contribution in [-0.2, 0) is 4.79 Å². The van der Waals surface area contributed by atoms with E-state index in [1.54, 1.807) is 19.1 Å². The number of carbonyl (C=O) groups is 2. The number of nitrogens with zero attached hydrogens (tertiary/aromatic N) is 2. The van der Waals surface area contributed by atoms with Gasteiger partial charge in [0, 0.05) is 12.2 Å². The number of aliphatic carboxylic acids is 1. The van der Waals surface area contributed by atoms with Gasteiger partial charge in [0.2, 0.25) is 0 Å². The van der Waals surface area contributed by atoms with E-state index in [2.05, 4.69) is 4.98 Å². The molecule has 98 valence electrons. The van der Waals surface area contributed by atoms with Crippen LogP contribution in [-0.4, -0.2) is 39.5 Å². The lowest BCUT2D eigenvalue weighted by Gasteiger charge is -2.27. The number of carboxylic acid groups (broad SMARTS) is 1. The highest BCUT2D eigenvalue weighted by atomic mass is 16.4. The third-order valence-corrected chi connectivity index (χ3v) is 2.90. The summed E-state index contributed by atoms with van der Waals surface area (Å²) < 4.78 is 0. The summed E-state index contributed by atoms with van der Waals surface area (Å²) in [5.74, 6) is -1.35. The Kier molecular flexibility index (Phi) is 4.83. The number of hydrogen-bond donors (Lipinski definition) is 1. The van der Waals surface area contributed by atoms with E-state index in [9.17, 15) is 9.59 Å². The van der Waals surface area contributed by atoms with Crippen LogP contribution < -0.4 is 0 Å². The Bertz CT molecular complexity index is 446. The molecule has 0 aliphatic carbocycles. The summed E-state index contributed by atoms with van der Waals surface area (Å²) in [7, 11) is 0. The van der Waals surface area contributed by atoms with Crippen LogP contribution in [0.3, 0.4) is 0 Å². The van der Waals surface area contributed by atoms with Gasteiger partial charge < -0.3 is 10.0 Å². The van der Waals surface area contributed by atoms with Crippen molar-refractivity contribution in [2.24, 2.45) is 0 Å². The van der Waals surface area contributed by atoms with E-state index < -0.39 is 5.97 Å². The number of rotatable bonds is 5. The summed E-state index contributed by atoms with van der Waals surface area (Å²) in [6.07, 6.45) is 2.24. The number of carboxylic acids is 1. The largest absolute Gasteiger partial charge is 0.480 e. The summed E-state index contributed by atoms with van der Waals surface area (Å²) in [6, 6.07) is 3.40. The van der Waals surface area contributed by atoms with E-state index in [0.29, 0.717) is 12.1 Å². The maximum absolute atomic E-state index is 12.3. The molecule has 5 nitrogen and oxygen atoms in total. The molecule has 0 saturated heterocycles. The standard InChI is InChI=1S/C13H18N2O3/c1-4-10(3)15(8-11(16)17)13(18)12-9(2)6-5-7-14-12/h5-7,10H,4,8H2,1-3H3,(H,16,17). The molecule has 0 aromatic carbocycles. The minimum atomic E-state index is -1.02. The van der Waals surface area contributed by atoms with Crippen LogP contribution in [0.15, 0.2) is 18.3 Å². The van der Waals surface area contributed by atoms with Crippen LogP contribution in [0.5, 0.6) is 0 Å². The third-order valence-electron chi connectivity index (χ3n) is 2.90.